The second-order valence-corrected chi connectivity index (χ2v) is 11.8. The van der Waals surface area contributed by atoms with Crippen LogP contribution in [0.1, 0.15) is 66.2 Å². The van der Waals surface area contributed by atoms with Crippen LogP contribution in [-0.4, -0.2) is 40.8 Å². The third-order valence-electron chi connectivity index (χ3n) is 10.6. The molecule has 2 N–H and O–H groups in total. The van der Waals surface area contributed by atoms with E-state index in [1.165, 1.54) is 0 Å². The molecule has 0 bridgehead atoms. The van der Waals surface area contributed by atoms with Crippen LogP contribution in [0.4, 0.5) is 0 Å². The number of esters is 1. The predicted octanol–water partition coefficient (Wildman–Crippen LogP) is 4.14. The zero-order valence-corrected chi connectivity index (χ0v) is 20.3. The number of carbonyl (C=O) groups is 2. The Labute approximate surface area is 197 Å². The highest BCUT2D eigenvalue weighted by atomic mass is 16.5. The molecule has 0 aromatic heterocycles. The monoisotopic (exact) mass is 454 g/mol. The number of cyclic esters (lactones) is 1. The summed E-state index contributed by atoms with van der Waals surface area (Å²) in [5.41, 5.74) is 1.92. The van der Waals surface area contributed by atoms with Gasteiger partial charge in [0.05, 0.1) is 23.7 Å². The fourth-order valence-corrected chi connectivity index (χ4v) is 8.63. The van der Waals surface area contributed by atoms with E-state index in [0.29, 0.717) is 36.0 Å². The molecule has 5 nitrogen and oxygen atoms in total. The van der Waals surface area contributed by atoms with Crippen molar-refractivity contribution in [3.8, 4) is 0 Å². The maximum atomic E-state index is 13.1. The molecule has 1 aliphatic heterocycles. The molecule has 4 aliphatic carbocycles. The van der Waals surface area contributed by atoms with Gasteiger partial charge in [-0.1, -0.05) is 37.6 Å². The van der Waals surface area contributed by atoms with Crippen LogP contribution in [0.25, 0.3) is 0 Å². The van der Waals surface area contributed by atoms with Crippen molar-refractivity contribution >= 4 is 11.8 Å². The number of allylic oxidation sites excluding steroid dienone is 3. The van der Waals surface area contributed by atoms with Crippen LogP contribution in [0.15, 0.2) is 34.9 Å². The van der Waals surface area contributed by atoms with E-state index in [1.807, 2.05) is 19.1 Å². The van der Waals surface area contributed by atoms with Gasteiger partial charge < -0.3 is 14.9 Å². The number of ether oxygens (including phenoxy) is 1. The van der Waals surface area contributed by atoms with E-state index >= 15 is 0 Å². The average molecular weight is 455 g/mol. The maximum Gasteiger partial charge on any atom is 0.336 e. The Morgan fingerprint density at radius 2 is 1.94 bits per heavy atom. The number of carbonyl (C=O) groups excluding carboxylic acids is 2. The standard InChI is InChI=1S/C28H38O5/c1-15-12-23(33-26(32)18(15)14-29)16(2)19-8-9-20-25-21(10-11-27(19,20)3)28(4)17(13-22(25)30)6-5-7-24(28)31/h5-6,13,16,19-23,25,29-30H,7-12,14H2,1-4H3/t16-,19+,20-,21-,22+,23+,25-,27+,28-/m0/s1. The molecule has 5 heteroatoms. The van der Waals surface area contributed by atoms with E-state index in [0.717, 1.165) is 36.8 Å². The summed E-state index contributed by atoms with van der Waals surface area (Å²) in [5.74, 6) is 1.16. The molecule has 0 spiro atoms. The lowest BCUT2D eigenvalue weighted by atomic mass is 9.46. The van der Waals surface area contributed by atoms with Crippen molar-refractivity contribution in [1.82, 2.24) is 0 Å². The smallest absolute Gasteiger partial charge is 0.336 e. The Morgan fingerprint density at radius 3 is 2.64 bits per heavy atom. The van der Waals surface area contributed by atoms with Crippen molar-refractivity contribution in [2.24, 2.45) is 40.4 Å². The van der Waals surface area contributed by atoms with Gasteiger partial charge in [0.1, 0.15) is 11.9 Å². The number of hydrogen-bond acceptors (Lipinski definition) is 5. The Balaban J connectivity index is 1.43. The first-order chi connectivity index (χ1) is 15.6. The Bertz CT molecular complexity index is 959. The number of ketones is 1. The Morgan fingerprint density at radius 1 is 1.18 bits per heavy atom. The van der Waals surface area contributed by atoms with Gasteiger partial charge in [-0.2, -0.15) is 0 Å². The SMILES string of the molecule is CC1=C(CO)C(=O)O[C@@H]([C@@H](C)[C@H]2CC[C@H]3[C@@H]4[C@H](O)C=C5C=CCC(=O)[C@]5(C)[C@H]4CC[C@]23C)C1. The van der Waals surface area contributed by atoms with E-state index < -0.39 is 11.5 Å². The Kier molecular flexibility index (Phi) is 5.52. The number of rotatable bonds is 3. The lowest BCUT2D eigenvalue weighted by Gasteiger charge is -2.58. The number of Topliss-reactive ketones (excluding diaryl/α,β-unsaturated/α-hetero) is 1. The van der Waals surface area contributed by atoms with Gasteiger partial charge in [-0.15, -0.1) is 0 Å². The summed E-state index contributed by atoms with van der Waals surface area (Å²) in [5, 5.41) is 20.8. The maximum absolute atomic E-state index is 13.1. The van der Waals surface area contributed by atoms with Crippen LogP contribution in [0.2, 0.25) is 0 Å². The lowest BCUT2D eigenvalue weighted by Crippen LogP contribution is -2.56. The van der Waals surface area contributed by atoms with E-state index in [2.05, 4.69) is 26.8 Å². The fraction of sp³-hybridized carbons (Fsp3) is 0.714. The molecule has 180 valence electrons. The molecule has 1 heterocycles. The van der Waals surface area contributed by atoms with Crippen molar-refractivity contribution in [1.29, 1.82) is 0 Å². The minimum Gasteiger partial charge on any atom is -0.458 e. The average Bonchev–Trinajstić information content (AvgIpc) is 3.12. The highest BCUT2D eigenvalue weighted by Crippen LogP contribution is 2.66. The first-order valence-corrected chi connectivity index (χ1v) is 12.7. The Hall–Kier alpha value is -1.72. The summed E-state index contributed by atoms with van der Waals surface area (Å²) < 4.78 is 5.82. The van der Waals surface area contributed by atoms with Gasteiger partial charge in [-0.3, -0.25) is 4.79 Å². The van der Waals surface area contributed by atoms with Crippen LogP contribution in [0.3, 0.4) is 0 Å². The first-order valence-electron chi connectivity index (χ1n) is 12.7. The molecule has 0 unspecified atom stereocenters. The molecule has 5 aliphatic rings. The second-order valence-electron chi connectivity index (χ2n) is 11.8. The first kappa shape index (κ1) is 23.0. The lowest BCUT2D eigenvalue weighted by molar-refractivity contribution is -0.153. The van der Waals surface area contributed by atoms with Gasteiger partial charge in [-0.25, -0.2) is 4.79 Å². The van der Waals surface area contributed by atoms with Crippen LogP contribution >= 0.6 is 0 Å². The molecule has 0 aromatic rings. The van der Waals surface area contributed by atoms with E-state index in [9.17, 15) is 19.8 Å². The van der Waals surface area contributed by atoms with Gasteiger partial charge in [0.15, 0.2) is 0 Å². The van der Waals surface area contributed by atoms with Crippen molar-refractivity contribution in [2.45, 2.75) is 78.4 Å². The zero-order chi connectivity index (χ0) is 23.7. The van der Waals surface area contributed by atoms with Gasteiger partial charge in [0, 0.05) is 12.8 Å². The molecule has 9 atom stereocenters. The molecule has 0 radical (unpaired) electrons. The molecular weight excluding hydrogens is 416 g/mol. The minimum absolute atomic E-state index is 0.0537. The predicted molar refractivity (Wildman–Crippen MR) is 125 cm³/mol. The van der Waals surface area contributed by atoms with Crippen LogP contribution in [-0.2, 0) is 14.3 Å². The highest BCUT2D eigenvalue weighted by molar-refractivity contribution is 5.92. The molecule has 0 amide bonds. The highest BCUT2D eigenvalue weighted by Gasteiger charge is 2.62. The molecular formula is C28H38O5. The molecule has 0 saturated heterocycles. The molecule has 2 saturated carbocycles. The number of aliphatic hydroxyl groups is 2. The summed E-state index contributed by atoms with van der Waals surface area (Å²) in [6.45, 7) is 8.37. The van der Waals surface area contributed by atoms with Crippen LogP contribution < -0.4 is 0 Å². The van der Waals surface area contributed by atoms with Crippen molar-refractivity contribution in [3.63, 3.8) is 0 Å². The van der Waals surface area contributed by atoms with Crippen LogP contribution in [0, 0.1) is 40.4 Å². The zero-order valence-electron chi connectivity index (χ0n) is 20.3. The summed E-state index contributed by atoms with van der Waals surface area (Å²) in [7, 11) is 0. The topological polar surface area (TPSA) is 83.8 Å². The van der Waals surface area contributed by atoms with Gasteiger partial charge in [-0.05, 0) is 80.1 Å². The second kappa shape index (κ2) is 7.91. The summed E-state index contributed by atoms with van der Waals surface area (Å²) in [4.78, 5) is 25.6. The quantitative estimate of drug-likeness (QED) is 0.626. The molecule has 5 rings (SSSR count). The third kappa shape index (κ3) is 3.18. The van der Waals surface area contributed by atoms with Crippen LogP contribution in [0.5, 0.6) is 0 Å². The number of fused-ring (bicyclic) bond motifs is 5. The summed E-state index contributed by atoms with van der Waals surface area (Å²) in [6.07, 6.45) is 10.5. The fourth-order valence-electron chi connectivity index (χ4n) is 8.63. The largest absolute Gasteiger partial charge is 0.458 e. The van der Waals surface area contributed by atoms with E-state index in [4.69, 9.17) is 4.74 Å². The van der Waals surface area contributed by atoms with Gasteiger partial charge >= 0.3 is 5.97 Å². The van der Waals surface area contributed by atoms with Crippen molar-refractivity contribution < 1.29 is 24.5 Å². The number of aliphatic hydroxyl groups excluding tert-OH is 2. The summed E-state index contributed by atoms with van der Waals surface area (Å²) >= 11 is 0. The van der Waals surface area contributed by atoms with Gasteiger partial charge in [0.25, 0.3) is 0 Å². The van der Waals surface area contributed by atoms with Gasteiger partial charge in [0.2, 0.25) is 0 Å². The minimum atomic E-state index is -0.517. The third-order valence-corrected chi connectivity index (χ3v) is 10.6. The van der Waals surface area contributed by atoms with Crippen molar-refractivity contribution in [3.05, 3.63) is 34.9 Å². The molecule has 33 heavy (non-hydrogen) atoms. The van der Waals surface area contributed by atoms with Crippen molar-refractivity contribution in [2.75, 3.05) is 6.61 Å². The van der Waals surface area contributed by atoms with E-state index in [-0.39, 0.29) is 41.8 Å². The molecule has 0 aromatic carbocycles. The summed E-state index contributed by atoms with van der Waals surface area (Å²) in [6, 6.07) is 0. The molecule has 2 fully saturated rings. The van der Waals surface area contributed by atoms with E-state index in [1.54, 1.807) is 0 Å². The normalized spacial score (nSPS) is 45.7. The number of hydrogen-bond donors (Lipinski definition) is 2.